The van der Waals surface area contributed by atoms with Crippen LogP contribution in [0.25, 0.3) is 5.65 Å². The number of carbonyl (C=O) groups excluding carboxylic acids is 1. The zero-order valence-electron chi connectivity index (χ0n) is 12.5. The first-order chi connectivity index (χ1) is 10.7. The van der Waals surface area contributed by atoms with E-state index in [2.05, 4.69) is 4.98 Å². The van der Waals surface area contributed by atoms with E-state index in [1.54, 1.807) is 10.6 Å². The molecule has 0 radical (unpaired) electrons. The van der Waals surface area contributed by atoms with Crippen LogP contribution in [0.1, 0.15) is 36.9 Å². The van der Waals surface area contributed by atoms with Crippen molar-refractivity contribution in [3.63, 3.8) is 0 Å². The lowest BCUT2D eigenvalue weighted by atomic mass is 10.0. The Morgan fingerprint density at radius 1 is 1.23 bits per heavy atom. The van der Waals surface area contributed by atoms with Crippen LogP contribution in [-0.2, 0) is 17.8 Å². The number of amides is 1. The van der Waals surface area contributed by atoms with E-state index in [4.69, 9.17) is 0 Å². The summed E-state index contributed by atoms with van der Waals surface area (Å²) in [5, 5.41) is 0. The lowest BCUT2D eigenvalue weighted by Gasteiger charge is -2.30. The Hall–Kier alpha value is -2.17. The zero-order chi connectivity index (χ0) is 15.1. The number of aromatic nitrogens is 2. The van der Waals surface area contributed by atoms with Crippen molar-refractivity contribution in [3.8, 4) is 0 Å². The van der Waals surface area contributed by atoms with E-state index in [0.717, 1.165) is 31.4 Å². The van der Waals surface area contributed by atoms with Gasteiger partial charge in [-0.3, -0.25) is 14.0 Å². The van der Waals surface area contributed by atoms with E-state index in [1.807, 2.05) is 23.1 Å². The SMILES string of the molecule is O=C(C1CCCC1)N1CCc2nc3ccccn3c(=O)c2C1. The van der Waals surface area contributed by atoms with Gasteiger partial charge in [-0.05, 0) is 25.0 Å². The van der Waals surface area contributed by atoms with Gasteiger partial charge in [0, 0.05) is 25.1 Å². The summed E-state index contributed by atoms with van der Waals surface area (Å²) in [7, 11) is 0. The van der Waals surface area contributed by atoms with Gasteiger partial charge >= 0.3 is 0 Å². The molecule has 2 aliphatic rings. The van der Waals surface area contributed by atoms with Crippen molar-refractivity contribution in [1.82, 2.24) is 14.3 Å². The summed E-state index contributed by atoms with van der Waals surface area (Å²) in [6.07, 6.45) is 6.71. The van der Waals surface area contributed by atoms with E-state index in [0.29, 0.717) is 30.7 Å². The molecule has 0 spiro atoms. The Labute approximate surface area is 128 Å². The number of fused-ring (bicyclic) bond motifs is 2. The Kier molecular flexibility index (Phi) is 3.21. The fourth-order valence-electron chi connectivity index (χ4n) is 3.67. The van der Waals surface area contributed by atoms with Gasteiger partial charge in [-0.15, -0.1) is 0 Å². The molecule has 1 amide bonds. The van der Waals surface area contributed by atoms with E-state index < -0.39 is 0 Å². The maximum Gasteiger partial charge on any atom is 0.263 e. The van der Waals surface area contributed by atoms with Crippen LogP contribution >= 0.6 is 0 Å². The lowest BCUT2D eigenvalue weighted by Crippen LogP contribution is -2.42. The van der Waals surface area contributed by atoms with E-state index in [-0.39, 0.29) is 17.4 Å². The van der Waals surface area contributed by atoms with E-state index >= 15 is 0 Å². The Morgan fingerprint density at radius 2 is 2.05 bits per heavy atom. The van der Waals surface area contributed by atoms with Gasteiger partial charge in [-0.1, -0.05) is 18.9 Å². The molecule has 0 unspecified atom stereocenters. The second-order valence-electron chi connectivity index (χ2n) is 6.26. The molecule has 0 bridgehead atoms. The molecule has 1 aliphatic heterocycles. The Morgan fingerprint density at radius 3 is 2.86 bits per heavy atom. The van der Waals surface area contributed by atoms with Crippen LogP contribution in [0.5, 0.6) is 0 Å². The minimum absolute atomic E-state index is 0.0375. The van der Waals surface area contributed by atoms with Crippen molar-refractivity contribution in [2.75, 3.05) is 6.54 Å². The first-order valence-electron chi connectivity index (χ1n) is 8.02. The second-order valence-corrected chi connectivity index (χ2v) is 6.26. The molecule has 0 atom stereocenters. The number of hydrogen-bond acceptors (Lipinski definition) is 3. The molecule has 5 nitrogen and oxygen atoms in total. The smallest absolute Gasteiger partial charge is 0.263 e. The van der Waals surface area contributed by atoms with Crippen LogP contribution in [0.15, 0.2) is 29.2 Å². The largest absolute Gasteiger partial charge is 0.337 e. The van der Waals surface area contributed by atoms with Gasteiger partial charge in [0.25, 0.3) is 5.56 Å². The van der Waals surface area contributed by atoms with Gasteiger partial charge in [0.1, 0.15) is 5.65 Å². The fourth-order valence-corrected chi connectivity index (χ4v) is 3.67. The quantitative estimate of drug-likeness (QED) is 0.806. The highest BCUT2D eigenvalue weighted by Gasteiger charge is 2.30. The predicted octanol–water partition coefficient (Wildman–Crippen LogP) is 1.77. The fraction of sp³-hybridized carbons (Fsp3) is 0.471. The molecule has 2 aromatic rings. The summed E-state index contributed by atoms with van der Waals surface area (Å²) < 4.78 is 1.57. The van der Waals surface area contributed by atoms with Crippen molar-refractivity contribution in [2.24, 2.45) is 5.92 Å². The topological polar surface area (TPSA) is 54.7 Å². The molecular formula is C17H19N3O2. The van der Waals surface area contributed by atoms with Gasteiger partial charge in [-0.25, -0.2) is 4.98 Å². The average Bonchev–Trinajstić information content (AvgIpc) is 3.09. The van der Waals surface area contributed by atoms with Crippen LogP contribution in [0.3, 0.4) is 0 Å². The number of rotatable bonds is 1. The summed E-state index contributed by atoms with van der Waals surface area (Å²) >= 11 is 0. The molecule has 1 saturated carbocycles. The molecule has 0 saturated heterocycles. The lowest BCUT2D eigenvalue weighted by molar-refractivity contribution is -0.136. The monoisotopic (exact) mass is 297 g/mol. The van der Waals surface area contributed by atoms with Crippen LogP contribution in [0.2, 0.25) is 0 Å². The van der Waals surface area contributed by atoms with Gasteiger partial charge < -0.3 is 4.90 Å². The molecule has 0 N–H and O–H groups in total. The number of nitrogens with zero attached hydrogens (tertiary/aromatic N) is 3. The van der Waals surface area contributed by atoms with E-state index in [1.165, 1.54) is 0 Å². The number of carbonyl (C=O) groups is 1. The van der Waals surface area contributed by atoms with Crippen molar-refractivity contribution in [1.29, 1.82) is 0 Å². The van der Waals surface area contributed by atoms with E-state index in [9.17, 15) is 9.59 Å². The van der Waals surface area contributed by atoms with Crippen LogP contribution in [0, 0.1) is 5.92 Å². The second kappa shape index (κ2) is 5.23. The molecular weight excluding hydrogens is 278 g/mol. The first kappa shape index (κ1) is 13.5. The third kappa shape index (κ3) is 2.12. The third-order valence-corrected chi connectivity index (χ3v) is 4.90. The van der Waals surface area contributed by atoms with Gasteiger partial charge in [-0.2, -0.15) is 0 Å². The highest BCUT2D eigenvalue weighted by atomic mass is 16.2. The molecule has 114 valence electrons. The van der Waals surface area contributed by atoms with Gasteiger partial charge in [0.2, 0.25) is 5.91 Å². The summed E-state index contributed by atoms with van der Waals surface area (Å²) in [4.78, 5) is 31.7. The summed E-state index contributed by atoms with van der Waals surface area (Å²) in [5.74, 6) is 0.387. The Balaban J connectivity index is 1.69. The molecule has 2 aromatic heterocycles. The maximum absolute atomic E-state index is 12.6. The van der Waals surface area contributed by atoms with Gasteiger partial charge in [0.15, 0.2) is 0 Å². The summed E-state index contributed by atoms with van der Waals surface area (Å²) in [6.45, 7) is 1.09. The zero-order valence-corrected chi connectivity index (χ0v) is 12.5. The minimum Gasteiger partial charge on any atom is -0.337 e. The molecule has 4 rings (SSSR count). The highest BCUT2D eigenvalue weighted by molar-refractivity contribution is 5.79. The minimum atomic E-state index is -0.0375. The predicted molar refractivity (Wildman–Crippen MR) is 82.5 cm³/mol. The summed E-state index contributed by atoms with van der Waals surface area (Å²) in [5.41, 5.74) is 2.18. The Bertz CT molecular complexity index is 790. The number of pyridine rings is 1. The summed E-state index contributed by atoms with van der Waals surface area (Å²) in [6, 6.07) is 5.55. The van der Waals surface area contributed by atoms with Crippen LogP contribution in [-0.4, -0.2) is 26.7 Å². The van der Waals surface area contributed by atoms with Gasteiger partial charge in [0.05, 0.1) is 17.8 Å². The first-order valence-corrected chi connectivity index (χ1v) is 8.02. The average molecular weight is 297 g/mol. The molecule has 5 heteroatoms. The number of hydrogen-bond donors (Lipinski definition) is 0. The van der Waals surface area contributed by atoms with Crippen molar-refractivity contribution in [2.45, 2.75) is 38.6 Å². The normalized spacial score (nSPS) is 18.6. The van der Waals surface area contributed by atoms with Crippen LogP contribution in [0.4, 0.5) is 0 Å². The molecule has 0 aromatic carbocycles. The molecule has 22 heavy (non-hydrogen) atoms. The molecule has 1 aliphatic carbocycles. The standard InChI is InChI=1S/C17H19N3O2/c21-16(12-5-1-2-6-12)19-10-8-14-13(11-19)17(22)20-9-4-3-7-15(20)18-14/h3-4,7,9,12H,1-2,5-6,8,10-11H2. The third-order valence-electron chi connectivity index (χ3n) is 4.90. The van der Waals surface area contributed by atoms with Crippen molar-refractivity contribution in [3.05, 3.63) is 46.0 Å². The molecule has 1 fully saturated rings. The maximum atomic E-state index is 12.6. The molecule has 3 heterocycles. The van der Waals surface area contributed by atoms with Crippen LogP contribution < -0.4 is 5.56 Å². The highest BCUT2D eigenvalue weighted by Crippen LogP contribution is 2.28. The van der Waals surface area contributed by atoms with Crippen molar-refractivity contribution >= 4 is 11.6 Å². The van der Waals surface area contributed by atoms with Crippen molar-refractivity contribution < 1.29 is 4.79 Å².